The maximum absolute atomic E-state index is 10.7. The molecule has 0 aromatic carbocycles. The topological polar surface area (TPSA) is 79.5 Å². The molecule has 1 aliphatic rings. The van der Waals surface area contributed by atoms with Crippen LogP contribution in [0.1, 0.15) is 31.0 Å². The highest BCUT2D eigenvalue weighted by Gasteiger charge is 2.25. The lowest BCUT2D eigenvalue weighted by atomic mass is 9.92. The Hall–Kier alpha value is -1.14. The predicted octanol–water partition coefficient (Wildman–Crippen LogP) is 1.22. The second-order valence-electron chi connectivity index (χ2n) is 4.07. The first-order chi connectivity index (χ1) is 7.59. The molecule has 16 heavy (non-hydrogen) atoms. The molecular formula is C10H15N3O2S. The van der Waals surface area contributed by atoms with E-state index >= 15 is 0 Å². The van der Waals surface area contributed by atoms with E-state index in [0.717, 1.165) is 5.13 Å². The van der Waals surface area contributed by atoms with Gasteiger partial charge in [0.1, 0.15) is 6.04 Å². The molecule has 1 heterocycles. The van der Waals surface area contributed by atoms with Gasteiger partial charge in [0.15, 0.2) is 5.13 Å². The van der Waals surface area contributed by atoms with Crippen molar-refractivity contribution in [1.82, 2.24) is 4.98 Å². The van der Waals surface area contributed by atoms with E-state index in [1.165, 1.54) is 30.6 Å². The maximum atomic E-state index is 10.7. The van der Waals surface area contributed by atoms with Crippen LogP contribution >= 0.6 is 11.3 Å². The third kappa shape index (κ3) is 2.03. The molecule has 0 aliphatic heterocycles. The van der Waals surface area contributed by atoms with E-state index in [1.54, 1.807) is 5.38 Å². The SMILES string of the molecule is CN(c1nc(C(N)C(=O)O)cs1)C1CCC1. The molecule has 0 bridgehead atoms. The number of nitrogens with two attached hydrogens (primary N) is 1. The third-order valence-electron chi connectivity index (χ3n) is 3.02. The van der Waals surface area contributed by atoms with Gasteiger partial charge in [-0.15, -0.1) is 11.3 Å². The second kappa shape index (κ2) is 4.39. The molecule has 0 amide bonds. The van der Waals surface area contributed by atoms with Gasteiger partial charge in [-0.05, 0) is 19.3 Å². The van der Waals surface area contributed by atoms with Crippen LogP contribution in [-0.2, 0) is 4.79 Å². The van der Waals surface area contributed by atoms with Crippen LogP contribution in [0.25, 0.3) is 0 Å². The van der Waals surface area contributed by atoms with Gasteiger partial charge >= 0.3 is 5.97 Å². The summed E-state index contributed by atoms with van der Waals surface area (Å²) in [6.45, 7) is 0. The lowest BCUT2D eigenvalue weighted by Gasteiger charge is -2.34. The number of nitrogens with zero attached hydrogens (tertiary/aromatic N) is 2. The Bertz CT molecular complexity index is 389. The fourth-order valence-electron chi connectivity index (χ4n) is 1.64. The zero-order valence-corrected chi connectivity index (χ0v) is 9.91. The minimum absolute atomic E-state index is 0.443. The summed E-state index contributed by atoms with van der Waals surface area (Å²) in [4.78, 5) is 17.1. The zero-order valence-electron chi connectivity index (χ0n) is 9.09. The fraction of sp³-hybridized carbons (Fsp3) is 0.600. The number of aliphatic carboxylic acids is 1. The van der Waals surface area contributed by atoms with Crippen molar-refractivity contribution in [3.63, 3.8) is 0 Å². The highest BCUT2D eigenvalue weighted by atomic mass is 32.1. The maximum Gasteiger partial charge on any atom is 0.326 e. The summed E-state index contributed by atoms with van der Waals surface area (Å²) in [6, 6.07) is -0.458. The normalized spacial score (nSPS) is 17.9. The van der Waals surface area contributed by atoms with E-state index < -0.39 is 12.0 Å². The van der Waals surface area contributed by atoms with Crippen LogP contribution in [0.15, 0.2) is 5.38 Å². The van der Waals surface area contributed by atoms with Gasteiger partial charge in [-0.2, -0.15) is 0 Å². The van der Waals surface area contributed by atoms with Crippen molar-refractivity contribution in [2.75, 3.05) is 11.9 Å². The van der Waals surface area contributed by atoms with Crippen LogP contribution in [0.5, 0.6) is 0 Å². The highest BCUT2D eigenvalue weighted by Crippen LogP contribution is 2.30. The molecule has 1 aromatic rings. The van der Waals surface area contributed by atoms with Crippen molar-refractivity contribution in [3.8, 4) is 0 Å². The molecule has 0 saturated heterocycles. The molecule has 0 radical (unpaired) electrons. The van der Waals surface area contributed by atoms with Crippen molar-refractivity contribution >= 4 is 22.4 Å². The summed E-state index contributed by atoms with van der Waals surface area (Å²) in [5, 5.41) is 11.4. The number of carboxylic acids is 1. The Morgan fingerprint density at radius 1 is 1.75 bits per heavy atom. The molecule has 6 heteroatoms. The van der Waals surface area contributed by atoms with Crippen LogP contribution in [0, 0.1) is 0 Å². The van der Waals surface area contributed by atoms with Gasteiger partial charge in [0.2, 0.25) is 0 Å². The summed E-state index contributed by atoms with van der Waals surface area (Å²) < 4.78 is 0. The summed E-state index contributed by atoms with van der Waals surface area (Å²) in [7, 11) is 2.00. The van der Waals surface area contributed by atoms with E-state index in [0.29, 0.717) is 11.7 Å². The summed E-state index contributed by atoms with van der Waals surface area (Å²) in [5.74, 6) is -1.04. The predicted molar refractivity (Wildman–Crippen MR) is 62.7 cm³/mol. The Balaban J connectivity index is 2.09. The van der Waals surface area contributed by atoms with Gasteiger partial charge in [-0.3, -0.25) is 4.79 Å². The minimum atomic E-state index is -1.04. The second-order valence-corrected chi connectivity index (χ2v) is 4.90. The van der Waals surface area contributed by atoms with Crippen molar-refractivity contribution in [2.24, 2.45) is 5.73 Å². The summed E-state index contributed by atoms with van der Waals surface area (Å²) in [5.41, 5.74) is 5.94. The van der Waals surface area contributed by atoms with E-state index in [2.05, 4.69) is 9.88 Å². The summed E-state index contributed by atoms with van der Waals surface area (Å²) in [6.07, 6.45) is 3.65. The van der Waals surface area contributed by atoms with E-state index in [4.69, 9.17) is 10.8 Å². The first kappa shape index (κ1) is 11.3. The lowest BCUT2D eigenvalue weighted by molar-refractivity contribution is -0.138. The van der Waals surface area contributed by atoms with Crippen LogP contribution in [0.4, 0.5) is 5.13 Å². The number of carboxylic acid groups (broad SMARTS) is 1. The molecule has 0 spiro atoms. The zero-order chi connectivity index (χ0) is 11.7. The first-order valence-corrected chi connectivity index (χ1v) is 6.14. The molecular weight excluding hydrogens is 226 g/mol. The molecule has 2 rings (SSSR count). The summed E-state index contributed by atoms with van der Waals surface area (Å²) >= 11 is 1.45. The Labute approximate surface area is 97.9 Å². The Morgan fingerprint density at radius 2 is 2.44 bits per heavy atom. The molecule has 1 aromatic heterocycles. The first-order valence-electron chi connectivity index (χ1n) is 5.26. The largest absolute Gasteiger partial charge is 0.480 e. The highest BCUT2D eigenvalue weighted by molar-refractivity contribution is 7.13. The van der Waals surface area contributed by atoms with Crippen molar-refractivity contribution in [2.45, 2.75) is 31.3 Å². The molecule has 5 nitrogen and oxygen atoms in total. The smallest absolute Gasteiger partial charge is 0.326 e. The van der Waals surface area contributed by atoms with Gasteiger partial charge in [-0.1, -0.05) is 0 Å². The number of hydrogen-bond acceptors (Lipinski definition) is 5. The van der Waals surface area contributed by atoms with Gasteiger partial charge < -0.3 is 15.7 Å². The Kier molecular flexibility index (Phi) is 3.11. The average molecular weight is 241 g/mol. The van der Waals surface area contributed by atoms with E-state index in [9.17, 15) is 4.79 Å². The molecule has 88 valence electrons. The fourth-order valence-corrected chi connectivity index (χ4v) is 2.54. The van der Waals surface area contributed by atoms with Crippen molar-refractivity contribution in [1.29, 1.82) is 0 Å². The molecule has 1 fully saturated rings. The number of carbonyl (C=O) groups is 1. The molecule has 1 saturated carbocycles. The lowest BCUT2D eigenvalue weighted by Crippen LogP contribution is -2.37. The van der Waals surface area contributed by atoms with E-state index in [1.807, 2.05) is 7.05 Å². The van der Waals surface area contributed by atoms with Crippen LogP contribution in [0.3, 0.4) is 0 Å². The molecule has 1 atom stereocenters. The average Bonchev–Trinajstić information content (AvgIpc) is 2.62. The van der Waals surface area contributed by atoms with Gasteiger partial charge in [0.25, 0.3) is 0 Å². The van der Waals surface area contributed by atoms with Crippen LogP contribution < -0.4 is 10.6 Å². The number of rotatable bonds is 4. The molecule has 3 N–H and O–H groups in total. The minimum Gasteiger partial charge on any atom is -0.480 e. The van der Waals surface area contributed by atoms with Crippen LogP contribution in [0.2, 0.25) is 0 Å². The quantitative estimate of drug-likeness (QED) is 0.828. The standard InChI is InChI=1S/C10H15N3O2S/c1-13(6-3-2-4-6)10-12-7(5-16-10)8(11)9(14)15/h5-6,8H,2-4,11H2,1H3,(H,14,15). The number of hydrogen-bond donors (Lipinski definition) is 2. The van der Waals surface area contributed by atoms with Crippen molar-refractivity contribution < 1.29 is 9.90 Å². The molecule has 1 aliphatic carbocycles. The third-order valence-corrected chi connectivity index (χ3v) is 3.97. The Morgan fingerprint density at radius 3 is 2.94 bits per heavy atom. The van der Waals surface area contributed by atoms with E-state index in [-0.39, 0.29) is 0 Å². The number of thiazole rings is 1. The van der Waals surface area contributed by atoms with Gasteiger partial charge in [0.05, 0.1) is 5.69 Å². The van der Waals surface area contributed by atoms with Gasteiger partial charge in [-0.25, -0.2) is 4.98 Å². The van der Waals surface area contributed by atoms with Crippen LogP contribution in [-0.4, -0.2) is 29.1 Å². The van der Waals surface area contributed by atoms with Gasteiger partial charge in [0, 0.05) is 18.5 Å². The molecule has 1 unspecified atom stereocenters. The van der Waals surface area contributed by atoms with Crippen molar-refractivity contribution in [3.05, 3.63) is 11.1 Å². The number of anilines is 1. The number of aromatic nitrogens is 1. The monoisotopic (exact) mass is 241 g/mol.